The van der Waals surface area contributed by atoms with E-state index in [1.165, 1.54) is 0 Å². The van der Waals surface area contributed by atoms with Gasteiger partial charge in [-0.1, -0.05) is 28.8 Å². The highest BCUT2D eigenvalue weighted by Gasteiger charge is 2.23. The number of halogens is 1. The highest BCUT2D eigenvalue weighted by atomic mass is 79.9. The summed E-state index contributed by atoms with van der Waals surface area (Å²) in [4.78, 5) is 0. The molecule has 2 rings (SSSR count). The maximum atomic E-state index is 9.91. The molecule has 3 nitrogen and oxygen atoms in total. The molecule has 17 heavy (non-hydrogen) atoms. The summed E-state index contributed by atoms with van der Waals surface area (Å²) in [7, 11) is 0. The standard InChI is InChI=1S/C13H15BrN2O/c14-10-6-5-9(8-15)12(7-10)16-11-3-1-2-4-13(11)17/h5-7,11,13,16-17H,1-4H2/t11-,13-/m0/s1. The van der Waals surface area contributed by atoms with E-state index in [9.17, 15) is 5.11 Å². The van der Waals surface area contributed by atoms with Crippen LogP contribution in [0.5, 0.6) is 0 Å². The first-order valence-corrected chi connectivity index (χ1v) is 6.64. The van der Waals surface area contributed by atoms with Crippen molar-refractivity contribution >= 4 is 21.6 Å². The molecular weight excluding hydrogens is 280 g/mol. The minimum absolute atomic E-state index is 0.0603. The minimum Gasteiger partial charge on any atom is -0.391 e. The van der Waals surface area contributed by atoms with E-state index in [4.69, 9.17) is 5.26 Å². The van der Waals surface area contributed by atoms with E-state index in [2.05, 4.69) is 27.3 Å². The van der Waals surface area contributed by atoms with Gasteiger partial charge in [-0.25, -0.2) is 0 Å². The smallest absolute Gasteiger partial charge is 0.101 e. The Bertz CT molecular complexity index is 442. The molecule has 1 saturated carbocycles. The number of aliphatic hydroxyl groups is 1. The quantitative estimate of drug-likeness (QED) is 0.881. The highest BCUT2D eigenvalue weighted by molar-refractivity contribution is 9.10. The zero-order chi connectivity index (χ0) is 12.3. The number of nitrogens with zero attached hydrogens (tertiary/aromatic N) is 1. The summed E-state index contributed by atoms with van der Waals surface area (Å²) in [6.07, 6.45) is 3.70. The van der Waals surface area contributed by atoms with Crippen LogP contribution in [0, 0.1) is 11.3 Å². The first-order chi connectivity index (χ1) is 8.20. The summed E-state index contributed by atoms with van der Waals surface area (Å²) in [5, 5.41) is 22.2. The third-order valence-electron chi connectivity index (χ3n) is 3.17. The Balaban J connectivity index is 2.17. The van der Waals surface area contributed by atoms with Crippen molar-refractivity contribution in [2.45, 2.75) is 37.8 Å². The van der Waals surface area contributed by atoms with E-state index in [1.807, 2.05) is 12.1 Å². The van der Waals surface area contributed by atoms with Gasteiger partial charge in [-0.2, -0.15) is 5.26 Å². The molecule has 2 atom stereocenters. The van der Waals surface area contributed by atoms with Crippen molar-refractivity contribution in [1.82, 2.24) is 0 Å². The van der Waals surface area contributed by atoms with Gasteiger partial charge in [0.25, 0.3) is 0 Å². The van der Waals surface area contributed by atoms with Gasteiger partial charge in [0.1, 0.15) is 6.07 Å². The molecule has 0 heterocycles. The third-order valence-corrected chi connectivity index (χ3v) is 3.67. The Hall–Kier alpha value is -1.05. The molecule has 4 heteroatoms. The number of benzene rings is 1. The van der Waals surface area contributed by atoms with Gasteiger partial charge in [0, 0.05) is 4.47 Å². The van der Waals surface area contributed by atoms with Crippen molar-refractivity contribution < 1.29 is 5.11 Å². The van der Waals surface area contributed by atoms with E-state index in [0.29, 0.717) is 5.56 Å². The molecule has 0 aromatic heterocycles. The maximum Gasteiger partial charge on any atom is 0.101 e. The van der Waals surface area contributed by atoms with Gasteiger partial charge in [-0.05, 0) is 31.0 Å². The second-order valence-corrected chi connectivity index (χ2v) is 5.32. The maximum absolute atomic E-state index is 9.91. The average Bonchev–Trinajstić information content (AvgIpc) is 2.32. The summed E-state index contributed by atoms with van der Waals surface area (Å²) in [5.74, 6) is 0. The van der Waals surface area contributed by atoms with E-state index in [0.717, 1.165) is 35.8 Å². The van der Waals surface area contributed by atoms with Crippen LogP contribution in [0.2, 0.25) is 0 Å². The molecule has 2 N–H and O–H groups in total. The number of rotatable bonds is 2. The molecule has 0 radical (unpaired) electrons. The van der Waals surface area contributed by atoms with Crippen LogP contribution in [0.3, 0.4) is 0 Å². The Morgan fingerprint density at radius 2 is 2.12 bits per heavy atom. The number of hydrogen-bond donors (Lipinski definition) is 2. The number of nitrogens with one attached hydrogen (secondary N) is 1. The van der Waals surface area contributed by atoms with Crippen LogP contribution < -0.4 is 5.32 Å². The van der Waals surface area contributed by atoms with Gasteiger partial charge in [0.15, 0.2) is 0 Å². The molecule has 0 aliphatic heterocycles. The molecule has 1 aromatic rings. The second kappa shape index (κ2) is 5.52. The predicted molar refractivity (Wildman–Crippen MR) is 70.7 cm³/mol. The fourth-order valence-corrected chi connectivity index (χ4v) is 2.57. The summed E-state index contributed by atoms with van der Waals surface area (Å²) in [6, 6.07) is 7.74. The van der Waals surface area contributed by atoms with Crippen molar-refractivity contribution in [3.8, 4) is 6.07 Å². The molecular formula is C13H15BrN2O. The molecule has 90 valence electrons. The zero-order valence-corrected chi connectivity index (χ0v) is 11.1. The van der Waals surface area contributed by atoms with E-state index >= 15 is 0 Å². The average molecular weight is 295 g/mol. The summed E-state index contributed by atoms with van der Waals surface area (Å²) in [5.41, 5.74) is 1.42. The Morgan fingerprint density at radius 1 is 1.35 bits per heavy atom. The fourth-order valence-electron chi connectivity index (χ4n) is 2.21. The van der Waals surface area contributed by atoms with Crippen LogP contribution in [0.25, 0.3) is 0 Å². The van der Waals surface area contributed by atoms with Gasteiger partial charge >= 0.3 is 0 Å². The zero-order valence-electron chi connectivity index (χ0n) is 9.49. The van der Waals surface area contributed by atoms with Gasteiger partial charge in [-0.3, -0.25) is 0 Å². The number of nitriles is 1. The van der Waals surface area contributed by atoms with Crippen molar-refractivity contribution in [2.24, 2.45) is 0 Å². The largest absolute Gasteiger partial charge is 0.391 e. The van der Waals surface area contributed by atoms with Gasteiger partial charge < -0.3 is 10.4 Å². The normalized spacial score (nSPS) is 24.1. The molecule has 0 amide bonds. The SMILES string of the molecule is N#Cc1ccc(Br)cc1N[C@H]1CCCC[C@@H]1O. The van der Waals surface area contributed by atoms with Gasteiger partial charge in [0.05, 0.1) is 23.4 Å². The predicted octanol–water partition coefficient (Wildman–Crippen LogP) is 3.04. The van der Waals surface area contributed by atoms with Crippen molar-refractivity contribution in [3.05, 3.63) is 28.2 Å². The molecule has 0 bridgehead atoms. The number of aliphatic hydroxyl groups excluding tert-OH is 1. The first-order valence-electron chi connectivity index (χ1n) is 5.85. The topological polar surface area (TPSA) is 56.0 Å². The molecule has 0 unspecified atom stereocenters. The summed E-state index contributed by atoms with van der Waals surface area (Å²) in [6.45, 7) is 0. The lowest BCUT2D eigenvalue weighted by molar-refractivity contribution is 0.116. The molecule has 1 aromatic carbocycles. The lowest BCUT2D eigenvalue weighted by Gasteiger charge is -2.29. The van der Waals surface area contributed by atoms with Crippen LogP contribution in [0.15, 0.2) is 22.7 Å². The van der Waals surface area contributed by atoms with Crippen molar-refractivity contribution in [3.63, 3.8) is 0 Å². The highest BCUT2D eigenvalue weighted by Crippen LogP contribution is 2.26. The van der Waals surface area contributed by atoms with Crippen LogP contribution >= 0.6 is 15.9 Å². The van der Waals surface area contributed by atoms with Crippen molar-refractivity contribution in [1.29, 1.82) is 5.26 Å². The van der Waals surface area contributed by atoms with Crippen molar-refractivity contribution in [2.75, 3.05) is 5.32 Å². The molecule has 0 spiro atoms. The van der Waals surface area contributed by atoms with E-state index < -0.39 is 0 Å². The lowest BCUT2D eigenvalue weighted by Crippen LogP contribution is -2.36. The molecule has 1 aliphatic carbocycles. The lowest BCUT2D eigenvalue weighted by atomic mass is 9.92. The van der Waals surface area contributed by atoms with E-state index in [1.54, 1.807) is 6.07 Å². The number of hydrogen-bond acceptors (Lipinski definition) is 3. The second-order valence-electron chi connectivity index (χ2n) is 4.40. The third kappa shape index (κ3) is 2.99. The van der Waals surface area contributed by atoms with Gasteiger partial charge in [-0.15, -0.1) is 0 Å². The Morgan fingerprint density at radius 3 is 2.82 bits per heavy atom. The minimum atomic E-state index is -0.311. The summed E-state index contributed by atoms with van der Waals surface area (Å²) >= 11 is 3.39. The fraction of sp³-hybridized carbons (Fsp3) is 0.462. The number of anilines is 1. The monoisotopic (exact) mass is 294 g/mol. The van der Waals surface area contributed by atoms with Crippen LogP contribution in [-0.4, -0.2) is 17.3 Å². The van der Waals surface area contributed by atoms with Crippen LogP contribution in [-0.2, 0) is 0 Å². The van der Waals surface area contributed by atoms with Crippen LogP contribution in [0.4, 0.5) is 5.69 Å². The Labute approximate surface area is 110 Å². The molecule has 1 fully saturated rings. The molecule has 0 saturated heterocycles. The Kier molecular flexibility index (Phi) is 4.03. The van der Waals surface area contributed by atoms with Gasteiger partial charge in [0.2, 0.25) is 0 Å². The summed E-state index contributed by atoms with van der Waals surface area (Å²) < 4.78 is 0.935. The molecule has 1 aliphatic rings. The van der Waals surface area contributed by atoms with Crippen LogP contribution in [0.1, 0.15) is 31.2 Å². The van der Waals surface area contributed by atoms with E-state index in [-0.39, 0.29) is 12.1 Å². The first kappa shape index (κ1) is 12.4.